The number of carboxylic acids is 1. The van der Waals surface area contributed by atoms with Gasteiger partial charge in [-0.1, -0.05) is 30.3 Å². The van der Waals surface area contributed by atoms with Crippen molar-refractivity contribution in [3.8, 4) is 0 Å². The quantitative estimate of drug-likeness (QED) is 0.754. The van der Waals surface area contributed by atoms with Crippen LogP contribution in [0.5, 0.6) is 0 Å². The Bertz CT molecular complexity index is 813. The molecule has 1 saturated heterocycles. The maximum Gasteiger partial charge on any atom is 0.326 e. The maximum atomic E-state index is 12.6. The summed E-state index contributed by atoms with van der Waals surface area (Å²) in [7, 11) is 0. The highest BCUT2D eigenvalue weighted by Gasteiger charge is 2.22. The summed E-state index contributed by atoms with van der Waals surface area (Å²) in [6.07, 6.45) is 0.250. The fraction of sp³-hybridized carbons (Fsp3) is 0.391. The Balaban J connectivity index is 1.60. The molecule has 0 bridgehead atoms. The van der Waals surface area contributed by atoms with Crippen LogP contribution in [0.25, 0.3) is 0 Å². The summed E-state index contributed by atoms with van der Waals surface area (Å²) in [5.41, 5.74) is 2.42. The summed E-state index contributed by atoms with van der Waals surface area (Å²) < 4.78 is 0. The second-order valence-corrected chi connectivity index (χ2v) is 7.72. The third-order valence-electron chi connectivity index (χ3n) is 5.43. The normalized spacial score (nSPS) is 15.9. The van der Waals surface area contributed by atoms with Gasteiger partial charge in [0.1, 0.15) is 6.04 Å². The molecule has 29 heavy (non-hydrogen) atoms. The van der Waals surface area contributed by atoms with Gasteiger partial charge in [-0.05, 0) is 43.7 Å². The first kappa shape index (κ1) is 20.9. The average molecular weight is 396 g/mol. The highest BCUT2D eigenvalue weighted by atomic mass is 16.4. The van der Waals surface area contributed by atoms with Crippen molar-refractivity contribution < 1.29 is 14.7 Å². The standard InChI is InChI=1S/C23H29N3O3/c1-17(2)25-12-14-26(15-13-25)20-10-8-19(9-11-20)22(27)24-21(23(28)29)16-18-6-4-3-5-7-18/h3-11,17,21H,12-16H2,1-2H3,(H,24,27)(H,28,29)/t21-/m1/s1. The lowest BCUT2D eigenvalue weighted by Gasteiger charge is -2.38. The molecular weight excluding hydrogens is 366 g/mol. The first-order valence-electron chi connectivity index (χ1n) is 10.1. The molecule has 1 aliphatic heterocycles. The number of rotatable bonds is 7. The highest BCUT2D eigenvalue weighted by molar-refractivity contribution is 5.96. The summed E-state index contributed by atoms with van der Waals surface area (Å²) in [4.78, 5) is 28.9. The lowest BCUT2D eigenvalue weighted by molar-refractivity contribution is -0.139. The third-order valence-corrected chi connectivity index (χ3v) is 5.43. The minimum atomic E-state index is -1.04. The summed E-state index contributed by atoms with van der Waals surface area (Å²) >= 11 is 0. The van der Waals surface area contributed by atoms with E-state index < -0.39 is 12.0 Å². The van der Waals surface area contributed by atoms with E-state index in [1.165, 1.54) is 0 Å². The zero-order valence-corrected chi connectivity index (χ0v) is 17.0. The van der Waals surface area contributed by atoms with Crippen LogP contribution in [-0.2, 0) is 11.2 Å². The molecular formula is C23H29N3O3. The molecule has 6 heteroatoms. The molecule has 3 rings (SSSR count). The number of nitrogens with one attached hydrogen (secondary N) is 1. The Labute approximate surface area is 172 Å². The second-order valence-electron chi connectivity index (χ2n) is 7.72. The monoisotopic (exact) mass is 395 g/mol. The van der Waals surface area contributed by atoms with Crippen molar-refractivity contribution in [3.63, 3.8) is 0 Å². The number of benzene rings is 2. The fourth-order valence-electron chi connectivity index (χ4n) is 3.61. The number of anilines is 1. The van der Waals surface area contributed by atoms with Crippen LogP contribution in [0, 0.1) is 0 Å². The van der Waals surface area contributed by atoms with Gasteiger partial charge in [0, 0.05) is 49.9 Å². The van der Waals surface area contributed by atoms with Gasteiger partial charge in [-0.2, -0.15) is 0 Å². The van der Waals surface area contributed by atoms with Gasteiger partial charge in [-0.3, -0.25) is 9.69 Å². The molecule has 6 nitrogen and oxygen atoms in total. The number of carbonyl (C=O) groups is 2. The van der Waals surface area contributed by atoms with Crippen LogP contribution in [-0.4, -0.2) is 60.1 Å². The molecule has 1 fully saturated rings. The molecule has 0 saturated carbocycles. The summed E-state index contributed by atoms with van der Waals surface area (Å²) in [6, 6.07) is 16.3. The van der Waals surface area contributed by atoms with Gasteiger partial charge in [0.15, 0.2) is 0 Å². The smallest absolute Gasteiger partial charge is 0.326 e. The van der Waals surface area contributed by atoms with Gasteiger partial charge < -0.3 is 15.3 Å². The van der Waals surface area contributed by atoms with Crippen molar-refractivity contribution in [1.29, 1.82) is 0 Å². The first-order valence-corrected chi connectivity index (χ1v) is 10.1. The van der Waals surface area contributed by atoms with Gasteiger partial charge in [0.2, 0.25) is 0 Å². The minimum Gasteiger partial charge on any atom is -0.480 e. The van der Waals surface area contributed by atoms with Gasteiger partial charge in [-0.25, -0.2) is 4.79 Å². The Morgan fingerprint density at radius 1 is 0.966 bits per heavy atom. The largest absolute Gasteiger partial charge is 0.480 e. The molecule has 154 valence electrons. The van der Waals surface area contributed by atoms with Crippen LogP contribution in [0.3, 0.4) is 0 Å². The number of carbonyl (C=O) groups excluding carboxylic acids is 1. The molecule has 2 N–H and O–H groups in total. The van der Waals surface area contributed by atoms with Crippen LogP contribution in [0.4, 0.5) is 5.69 Å². The van der Waals surface area contributed by atoms with Crippen molar-refractivity contribution >= 4 is 17.6 Å². The van der Waals surface area contributed by atoms with Gasteiger partial charge >= 0.3 is 5.97 Å². The van der Waals surface area contributed by atoms with E-state index in [-0.39, 0.29) is 12.3 Å². The van der Waals surface area contributed by atoms with Crippen molar-refractivity contribution in [1.82, 2.24) is 10.2 Å². The Kier molecular flexibility index (Phi) is 6.88. The second kappa shape index (κ2) is 9.56. The molecule has 0 radical (unpaired) electrons. The molecule has 1 heterocycles. The maximum absolute atomic E-state index is 12.6. The van der Waals surface area contributed by atoms with Gasteiger partial charge in [0.25, 0.3) is 5.91 Å². The van der Waals surface area contributed by atoms with Crippen LogP contribution in [0.15, 0.2) is 54.6 Å². The molecule has 0 aliphatic carbocycles. The Hall–Kier alpha value is -2.86. The van der Waals surface area contributed by atoms with E-state index in [4.69, 9.17) is 0 Å². The van der Waals surface area contributed by atoms with Crippen LogP contribution in [0.2, 0.25) is 0 Å². The fourth-order valence-corrected chi connectivity index (χ4v) is 3.61. The summed E-state index contributed by atoms with van der Waals surface area (Å²) in [6.45, 7) is 8.40. The lowest BCUT2D eigenvalue weighted by Crippen LogP contribution is -2.48. The van der Waals surface area contributed by atoms with E-state index in [9.17, 15) is 14.7 Å². The topological polar surface area (TPSA) is 72.9 Å². The number of amides is 1. The van der Waals surface area contributed by atoms with Gasteiger partial charge in [0.05, 0.1) is 0 Å². The first-order chi connectivity index (χ1) is 13.9. The van der Waals surface area contributed by atoms with Crippen molar-refractivity contribution in [2.45, 2.75) is 32.4 Å². The van der Waals surface area contributed by atoms with Crippen molar-refractivity contribution in [2.75, 3.05) is 31.1 Å². The molecule has 2 aromatic rings. The predicted molar refractivity (Wildman–Crippen MR) is 114 cm³/mol. The number of carboxylic acid groups (broad SMARTS) is 1. The van der Waals surface area contributed by atoms with Crippen molar-refractivity contribution in [3.05, 3.63) is 65.7 Å². The number of nitrogens with zero attached hydrogens (tertiary/aromatic N) is 2. The molecule has 0 spiro atoms. The number of aliphatic carboxylic acids is 1. The average Bonchev–Trinajstić information content (AvgIpc) is 2.74. The van der Waals surface area contributed by atoms with E-state index in [1.54, 1.807) is 12.1 Å². The number of hydrogen-bond acceptors (Lipinski definition) is 4. The molecule has 1 amide bonds. The van der Waals surface area contributed by atoms with Crippen LogP contribution in [0.1, 0.15) is 29.8 Å². The SMILES string of the molecule is CC(C)N1CCN(c2ccc(C(=O)N[C@H](Cc3ccccc3)C(=O)O)cc2)CC1. The Morgan fingerprint density at radius 3 is 2.14 bits per heavy atom. The lowest BCUT2D eigenvalue weighted by atomic mass is 10.1. The zero-order chi connectivity index (χ0) is 20.8. The predicted octanol–water partition coefficient (Wildman–Crippen LogP) is 2.64. The minimum absolute atomic E-state index is 0.250. The Morgan fingerprint density at radius 2 is 1.59 bits per heavy atom. The molecule has 2 aromatic carbocycles. The molecule has 1 atom stereocenters. The number of hydrogen-bond donors (Lipinski definition) is 2. The third kappa shape index (κ3) is 5.57. The van der Waals surface area contributed by atoms with E-state index in [0.29, 0.717) is 11.6 Å². The zero-order valence-electron chi connectivity index (χ0n) is 17.0. The summed E-state index contributed by atoms with van der Waals surface area (Å²) in [5.74, 6) is -1.41. The highest BCUT2D eigenvalue weighted by Crippen LogP contribution is 2.18. The van der Waals surface area contributed by atoms with E-state index in [0.717, 1.165) is 37.4 Å². The van der Waals surface area contributed by atoms with Crippen molar-refractivity contribution in [2.24, 2.45) is 0 Å². The molecule has 1 aliphatic rings. The van der Waals surface area contributed by atoms with E-state index in [2.05, 4.69) is 29.0 Å². The number of piperazine rings is 1. The van der Waals surface area contributed by atoms with E-state index in [1.807, 2.05) is 42.5 Å². The van der Waals surface area contributed by atoms with Crippen LogP contribution < -0.4 is 10.2 Å². The van der Waals surface area contributed by atoms with Crippen LogP contribution >= 0.6 is 0 Å². The molecule has 0 unspecified atom stereocenters. The summed E-state index contributed by atoms with van der Waals surface area (Å²) in [5, 5.41) is 12.1. The van der Waals surface area contributed by atoms with E-state index >= 15 is 0 Å². The van der Waals surface area contributed by atoms with Gasteiger partial charge in [-0.15, -0.1) is 0 Å². The molecule has 0 aromatic heterocycles.